The number of hydrogen-bond acceptors (Lipinski definition) is 3. The molecular weight excluding hydrogens is 259 g/mol. The van der Waals surface area contributed by atoms with Crippen LogP contribution >= 0.6 is 0 Å². The standard InChI is InChI=1S/C15H15FN2O2/c1-10-7-12(8-11(2)15(10)16)9-17-13-5-3-4-6-14(13)18(19)20/h3-8,17H,9H2,1-2H3. The van der Waals surface area contributed by atoms with Gasteiger partial charge in [-0.05, 0) is 36.6 Å². The molecule has 0 saturated carbocycles. The van der Waals surface area contributed by atoms with Crippen molar-refractivity contribution in [3.63, 3.8) is 0 Å². The number of halogens is 1. The second kappa shape index (κ2) is 5.69. The summed E-state index contributed by atoms with van der Waals surface area (Å²) < 4.78 is 13.5. The molecule has 1 N–H and O–H groups in total. The number of nitrogens with one attached hydrogen (secondary N) is 1. The van der Waals surface area contributed by atoms with E-state index in [9.17, 15) is 14.5 Å². The summed E-state index contributed by atoms with van der Waals surface area (Å²) in [4.78, 5) is 10.5. The maximum atomic E-state index is 13.5. The van der Waals surface area contributed by atoms with Crippen LogP contribution in [0.4, 0.5) is 15.8 Å². The minimum Gasteiger partial charge on any atom is -0.375 e. The number of benzene rings is 2. The Morgan fingerprint density at radius 3 is 2.40 bits per heavy atom. The lowest BCUT2D eigenvalue weighted by Crippen LogP contribution is -2.03. The van der Waals surface area contributed by atoms with Gasteiger partial charge in [0.05, 0.1) is 4.92 Å². The molecule has 0 aliphatic carbocycles. The first-order chi connectivity index (χ1) is 9.49. The Balaban J connectivity index is 2.19. The lowest BCUT2D eigenvalue weighted by molar-refractivity contribution is -0.384. The van der Waals surface area contributed by atoms with Crippen molar-refractivity contribution in [3.8, 4) is 0 Å². The van der Waals surface area contributed by atoms with Gasteiger partial charge in [0.1, 0.15) is 11.5 Å². The highest BCUT2D eigenvalue weighted by Gasteiger charge is 2.12. The normalized spacial score (nSPS) is 10.3. The fourth-order valence-electron chi connectivity index (χ4n) is 2.12. The predicted octanol–water partition coefficient (Wildman–Crippen LogP) is 3.96. The first kappa shape index (κ1) is 14.0. The molecule has 0 saturated heterocycles. The molecule has 0 fully saturated rings. The molecule has 0 heterocycles. The van der Waals surface area contributed by atoms with Crippen molar-refractivity contribution < 1.29 is 9.31 Å². The maximum absolute atomic E-state index is 13.5. The van der Waals surface area contributed by atoms with Gasteiger partial charge in [-0.15, -0.1) is 0 Å². The third-order valence-corrected chi connectivity index (χ3v) is 3.08. The molecule has 0 aliphatic heterocycles. The Hall–Kier alpha value is -2.43. The molecule has 0 spiro atoms. The third kappa shape index (κ3) is 2.93. The second-order valence-electron chi connectivity index (χ2n) is 4.67. The van der Waals surface area contributed by atoms with Crippen LogP contribution in [0.5, 0.6) is 0 Å². The van der Waals surface area contributed by atoms with Crippen molar-refractivity contribution in [1.29, 1.82) is 0 Å². The summed E-state index contributed by atoms with van der Waals surface area (Å²) in [7, 11) is 0. The summed E-state index contributed by atoms with van der Waals surface area (Å²) in [6.45, 7) is 3.82. The van der Waals surface area contributed by atoms with Crippen LogP contribution in [-0.2, 0) is 6.54 Å². The van der Waals surface area contributed by atoms with Crippen LogP contribution in [0.3, 0.4) is 0 Å². The Labute approximate surface area is 116 Å². The predicted molar refractivity (Wildman–Crippen MR) is 76.3 cm³/mol. The van der Waals surface area contributed by atoms with Crippen LogP contribution < -0.4 is 5.32 Å². The zero-order valence-corrected chi connectivity index (χ0v) is 11.3. The average molecular weight is 274 g/mol. The van der Waals surface area contributed by atoms with Crippen LogP contribution in [0, 0.1) is 29.8 Å². The highest BCUT2D eigenvalue weighted by atomic mass is 19.1. The van der Waals surface area contributed by atoms with E-state index in [1.54, 1.807) is 44.2 Å². The summed E-state index contributed by atoms with van der Waals surface area (Å²) >= 11 is 0. The van der Waals surface area contributed by atoms with Crippen LogP contribution in [-0.4, -0.2) is 4.92 Å². The summed E-state index contributed by atoms with van der Waals surface area (Å²) in [6.07, 6.45) is 0. The van der Waals surface area contributed by atoms with Gasteiger partial charge in [0.15, 0.2) is 0 Å². The largest absolute Gasteiger partial charge is 0.375 e. The second-order valence-corrected chi connectivity index (χ2v) is 4.67. The zero-order chi connectivity index (χ0) is 14.7. The molecule has 2 aromatic carbocycles. The Kier molecular flexibility index (Phi) is 3.98. The molecule has 4 nitrogen and oxygen atoms in total. The zero-order valence-electron chi connectivity index (χ0n) is 11.3. The molecule has 2 aromatic rings. The van der Waals surface area contributed by atoms with E-state index in [-0.39, 0.29) is 11.5 Å². The van der Waals surface area contributed by atoms with Gasteiger partial charge in [0.25, 0.3) is 5.69 Å². The van der Waals surface area contributed by atoms with Gasteiger partial charge in [-0.3, -0.25) is 10.1 Å². The van der Waals surface area contributed by atoms with Gasteiger partial charge < -0.3 is 5.32 Å². The van der Waals surface area contributed by atoms with Gasteiger partial charge >= 0.3 is 0 Å². The third-order valence-electron chi connectivity index (χ3n) is 3.08. The lowest BCUT2D eigenvalue weighted by atomic mass is 10.1. The number of nitrogens with zero attached hydrogens (tertiary/aromatic N) is 1. The fraction of sp³-hybridized carbons (Fsp3) is 0.200. The van der Waals surface area contributed by atoms with Gasteiger partial charge in [0, 0.05) is 12.6 Å². The molecule has 0 aliphatic rings. The molecular formula is C15H15FN2O2. The van der Waals surface area contributed by atoms with Crippen molar-refractivity contribution in [2.75, 3.05) is 5.32 Å². The molecule has 20 heavy (non-hydrogen) atoms. The number of anilines is 1. The number of aryl methyl sites for hydroxylation is 2. The number of hydrogen-bond donors (Lipinski definition) is 1. The smallest absolute Gasteiger partial charge is 0.292 e. The van der Waals surface area contributed by atoms with Crippen molar-refractivity contribution in [2.24, 2.45) is 0 Å². The molecule has 0 aromatic heterocycles. The highest BCUT2D eigenvalue weighted by Crippen LogP contribution is 2.24. The molecule has 0 unspecified atom stereocenters. The van der Waals surface area contributed by atoms with Crippen molar-refractivity contribution in [2.45, 2.75) is 20.4 Å². The number of nitro benzene ring substituents is 1. The van der Waals surface area contributed by atoms with Crippen molar-refractivity contribution in [1.82, 2.24) is 0 Å². The first-order valence-corrected chi connectivity index (χ1v) is 6.22. The van der Waals surface area contributed by atoms with Crippen LogP contribution in [0.1, 0.15) is 16.7 Å². The molecule has 5 heteroatoms. The highest BCUT2D eigenvalue weighted by molar-refractivity contribution is 5.61. The Morgan fingerprint density at radius 1 is 1.20 bits per heavy atom. The number of nitro groups is 1. The van der Waals surface area contributed by atoms with Crippen LogP contribution in [0.25, 0.3) is 0 Å². The molecule has 104 valence electrons. The maximum Gasteiger partial charge on any atom is 0.292 e. The van der Waals surface area contributed by atoms with E-state index in [4.69, 9.17) is 0 Å². The summed E-state index contributed by atoms with van der Waals surface area (Å²) in [5, 5.41) is 13.9. The quantitative estimate of drug-likeness (QED) is 0.678. The van der Waals surface area contributed by atoms with Gasteiger partial charge in [-0.25, -0.2) is 4.39 Å². The van der Waals surface area contributed by atoms with Gasteiger partial charge in [-0.2, -0.15) is 0 Å². The minimum absolute atomic E-state index is 0.0306. The molecule has 0 amide bonds. The monoisotopic (exact) mass is 274 g/mol. The molecule has 0 atom stereocenters. The topological polar surface area (TPSA) is 55.2 Å². The van der Waals surface area contributed by atoms with Crippen LogP contribution in [0.15, 0.2) is 36.4 Å². The average Bonchev–Trinajstić information content (AvgIpc) is 2.42. The van der Waals surface area contributed by atoms with E-state index < -0.39 is 4.92 Å². The Morgan fingerprint density at radius 2 is 1.80 bits per heavy atom. The molecule has 0 radical (unpaired) electrons. The summed E-state index contributed by atoms with van der Waals surface area (Å²) in [6, 6.07) is 9.94. The lowest BCUT2D eigenvalue weighted by Gasteiger charge is -2.09. The van der Waals surface area contributed by atoms with Crippen molar-refractivity contribution in [3.05, 3.63) is 69.0 Å². The van der Waals surface area contributed by atoms with Gasteiger partial charge in [0.2, 0.25) is 0 Å². The van der Waals surface area contributed by atoms with Crippen molar-refractivity contribution >= 4 is 11.4 Å². The van der Waals surface area contributed by atoms with E-state index in [0.717, 1.165) is 5.56 Å². The van der Waals surface area contributed by atoms with Crippen LogP contribution in [0.2, 0.25) is 0 Å². The molecule has 0 bridgehead atoms. The van der Waals surface area contributed by atoms with E-state index in [0.29, 0.717) is 23.4 Å². The van der Waals surface area contributed by atoms with Gasteiger partial charge in [-0.1, -0.05) is 24.3 Å². The van der Waals surface area contributed by atoms with E-state index in [2.05, 4.69) is 5.32 Å². The molecule has 2 rings (SSSR count). The first-order valence-electron chi connectivity index (χ1n) is 6.22. The fourth-order valence-corrected chi connectivity index (χ4v) is 2.12. The van der Waals surface area contributed by atoms with E-state index in [1.165, 1.54) is 6.07 Å². The number of para-hydroxylation sites is 2. The van der Waals surface area contributed by atoms with E-state index in [1.807, 2.05) is 0 Å². The minimum atomic E-state index is -0.427. The summed E-state index contributed by atoms with van der Waals surface area (Å²) in [5.41, 5.74) is 2.52. The Bertz CT molecular complexity index is 633. The van der Waals surface area contributed by atoms with E-state index >= 15 is 0 Å². The summed E-state index contributed by atoms with van der Waals surface area (Å²) in [5.74, 6) is -0.209. The SMILES string of the molecule is Cc1cc(CNc2ccccc2[N+](=O)[O-])cc(C)c1F. The number of rotatable bonds is 4.